The summed E-state index contributed by atoms with van der Waals surface area (Å²) in [4.78, 5) is 11.3. The summed E-state index contributed by atoms with van der Waals surface area (Å²) in [7, 11) is 0. The number of hydrogen-bond donors (Lipinski definition) is 2. The van der Waals surface area contributed by atoms with Crippen LogP contribution in [-0.2, 0) is 11.3 Å². The highest BCUT2D eigenvalue weighted by Gasteiger charge is 2.31. The number of hydrogen-bond acceptors (Lipinski definition) is 2. The van der Waals surface area contributed by atoms with Crippen LogP contribution in [0.25, 0.3) is 0 Å². The van der Waals surface area contributed by atoms with Crippen molar-refractivity contribution in [3.8, 4) is 0 Å². The molecule has 1 atom stereocenters. The number of aliphatic hydroxyl groups excluding tert-OH is 1. The van der Waals surface area contributed by atoms with E-state index in [2.05, 4.69) is 0 Å². The molecule has 0 aliphatic heterocycles. The molecule has 0 saturated heterocycles. The van der Waals surface area contributed by atoms with E-state index in [1.54, 1.807) is 23.8 Å². The molecule has 4 nitrogen and oxygen atoms in total. The van der Waals surface area contributed by atoms with Gasteiger partial charge in [-0.3, -0.25) is 4.79 Å². The summed E-state index contributed by atoms with van der Waals surface area (Å²) < 4.78 is 37.2. The van der Waals surface area contributed by atoms with Gasteiger partial charge < -0.3 is 15.0 Å². The predicted octanol–water partition coefficient (Wildman–Crippen LogP) is 1.61. The average molecular weight is 276 g/mol. The van der Waals surface area contributed by atoms with Crippen molar-refractivity contribution in [3.05, 3.63) is 24.0 Å². The Morgan fingerprint density at radius 1 is 1.53 bits per heavy atom. The van der Waals surface area contributed by atoms with E-state index >= 15 is 0 Å². The number of amides is 1. The summed E-state index contributed by atoms with van der Waals surface area (Å²) >= 11 is 0. The molecule has 1 aromatic heterocycles. The fraction of sp³-hybridized carbons (Fsp3) is 0.583. The lowest BCUT2D eigenvalue weighted by Crippen LogP contribution is -2.35. The second-order valence-electron chi connectivity index (χ2n) is 4.79. The van der Waals surface area contributed by atoms with Crippen LogP contribution in [-0.4, -0.2) is 28.3 Å². The van der Waals surface area contributed by atoms with Crippen LogP contribution in [0.2, 0.25) is 0 Å². The van der Waals surface area contributed by atoms with Crippen LogP contribution >= 0.6 is 0 Å². The zero-order valence-corrected chi connectivity index (χ0v) is 10.2. The molecule has 2 rings (SSSR count). The Morgan fingerprint density at radius 3 is 2.79 bits per heavy atom. The van der Waals surface area contributed by atoms with Crippen molar-refractivity contribution < 1.29 is 23.1 Å². The molecule has 1 fully saturated rings. The van der Waals surface area contributed by atoms with Gasteiger partial charge in [0, 0.05) is 12.4 Å². The van der Waals surface area contributed by atoms with E-state index in [1.165, 1.54) is 4.57 Å². The monoisotopic (exact) mass is 276 g/mol. The minimum Gasteiger partial charge on any atom is -0.388 e. The molecular weight excluding hydrogens is 261 g/mol. The molecule has 0 spiro atoms. The van der Waals surface area contributed by atoms with Gasteiger partial charge in [0.15, 0.2) is 0 Å². The van der Waals surface area contributed by atoms with E-state index < -0.39 is 24.7 Å². The van der Waals surface area contributed by atoms with Crippen LogP contribution in [0.1, 0.15) is 24.5 Å². The Hall–Kier alpha value is -1.50. The number of aliphatic hydroxyl groups is 1. The third kappa shape index (κ3) is 4.27. The number of aromatic nitrogens is 1. The van der Waals surface area contributed by atoms with Crippen molar-refractivity contribution in [1.29, 1.82) is 0 Å². The lowest BCUT2D eigenvalue weighted by molar-refractivity contribution is -0.138. The Morgan fingerprint density at radius 2 is 2.21 bits per heavy atom. The Bertz CT molecular complexity index is 452. The number of nitrogens with one attached hydrogen (secondary N) is 1. The van der Waals surface area contributed by atoms with Crippen LogP contribution in [0.3, 0.4) is 0 Å². The zero-order valence-electron chi connectivity index (χ0n) is 10.2. The lowest BCUT2D eigenvalue weighted by Gasteiger charge is -2.09. The Labute approximate surface area is 108 Å². The molecule has 2 N–H and O–H groups in total. The highest BCUT2D eigenvalue weighted by molar-refractivity contribution is 5.75. The summed E-state index contributed by atoms with van der Waals surface area (Å²) in [5, 5.41) is 11.7. The quantitative estimate of drug-likeness (QED) is 0.858. The molecule has 1 aromatic rings. The molecule has 0 aromatic carbocycles. The Balaban J connectivity index is 1.83. The Kier molecular flexibility index (Phi) is 3.84. The minimum atomic E-state index is -4.40. The van der Waals surface area contributed by atoms with Crippen molar-refractivity contribution in [2.75, 3.05) is 6.54 Å². The molecule has 0 radical (unpaired) electrons. The highest BCUT2D eigenvalue weighted by Crippen LogP contribution is 2.40. The standard InChI is InChI=1S/C12H15F3N2O2/c13-12(14,15)7-16-10(18)6-17-4-3-9(5-17)11(19)8-1-2-8/h3-5,8,11,19H,1-2,6-7H2,(H,16,18). The average Bonchev–Trinajstić information content (AvgIpc) is 3.06. The molecule has 1 aliphatic carbocycles. The topological polar surface area (TPSA) is 54.3 Å². The summed E-state index contributed by atoms with van der Waals surface area (Å²) in [6, 6.07) is 1.68. The molecule has 0 bridgehead atoms. The largest absolute Gasteiger partial charge is 0.405 e. The van der Waals surface area contributed by atoms with Gasteiger partial charge in [0.05, 0.1) is 6.10 Å². The van der Waals surface area contributed by atoms with Gasteiger partial charge in [-0.1, -0.05) is 0 Å². The van der Waals surface area contributed by atoms with Crippen LogP contribution in [0.4, 0.5) is 13.2 Å². The number of alkyl halides is 3. The summed E-state index contributed by atoms with van der Waals surface area (Å²) in [6.45, 7) is -1.52. The number of carbonyl (C=O) groups excluding carboxylic acids is 1. The van der Waals surface area contributed by atoms with E-state index in [1.807, 2.05) is 0 Å². The SMILES string of the molecule is O=C(Cn1ccc(C(O)C2CC2)c1)NCC(F)(F)F. The van der Waals surface area contributed by atoms with Crippen molar-refractivity contribution in [1.82, 2.24) is 9.88 Å². The van der Waals surface area contributed by atoms with Crippen molar-refractivity contribution in [2.45, 2.75) is 31.7 Å². The van der Waals surface area contributed by atoms with Gasteiger partial charge in [0.1, 0.15) is 13.1 Å². The normalized spacial score (nSPS) is 17.3. The molecule has 1 unspecified atom stereocenters. The van der Waals surface area contributed by atoms with E-state index in [-0.39, 0.29) is 12.5 Å². The fourth-order valence-corrected chi connectivity index (χ4v) is 1.84. The highest BCUT2D eigenvalue weighted by atomic mass is 19.4. The van der Waals surface area contributed by atoms with Crippen LogP contribution in [0, 0.1) is 5.92 Å². The van der Waals surface area contributed by atoms with E-state index in [9.17, 15) is 23.1 Å². The molecular formula is C12H15F3N2O2. The maximum absolute atomic E-state index is 11.9. The van der Waals surface area contributed by atoms with E-state index in [4.69, 9.17) is 0 Å². The van der Waals surface area contributed by atoms with Gasteiger partial charge in [-0.05, 0) is 30.4 Å². The lowest BCUT2D eigenvalue weighted by atomic mass is 10.1. The molecule has 7 heteroatoms. The van der Waals surface area contributed by atoms with Gasteiger partial charge in [-0.2, -0.15) is 13.2 Å². The fourth-order valence-electron chi connectivity index (χ4n) is 1.84. The summed E-state index contributed by atoms with van der Waals surface area (Å²) in [5.41, 5.74) is 0.700. The minimum absolute atomic E-state index is 0.187. The van der Waals surface area contributed by atoms with Gasteiger partial charge in [-0.15, -0.1) is 0 Å². The molecule has 1 amide bonds. The van der Waals surface area contributed by atoms with E-state index in [0.29, 0.717) is 5.56 Å². The number of carbonyl (C=O) groups is 1. The van der Waals surface area contributed by atoms with Gasteiger partial charge >= 0.3 is 6.18 Å². The number of rotatable bonds is 5. The molecule has 1 heterocycles. The molecule has 1 saturated carbocycles. The summed E-state index contributed by atoms with van der Waals surface area (Å²) in [5.74, 6) is -0.435. The van der Waals surface area contributed by atoms with Crippen LogP contribution in [0.15, 0.2) is 18.5 Å². The molecule has 19 heavy (non-hydrogen) atoms. The van der Waals surface area contributed by atoms with Gasteiger partial charge in [0.25, 0.3) is 0 Å². The van der Waals surface area contributed by atoms with Crippen molar-refractivity contribution in [2.24, 2.45) is 5.92 Å². The first-order valence-electron chi connectivity index (χ1n) is 6.02. The predicted molar refractivity (Wildman–Crippen MR) is 61.2 cm³/mol. The summed E-state index contributed by atoms with van der Waals surface area (Å²) in [6.07, 6.45) is 0.195. The van der Waals surface area contributed by atoms with E-state index in [0.717, 1.165) is 12.8 Å². The second-order valence-corrected chi connectivity index (χ2v) is 4.79. The maximum Gasteiger partial charge on any atom is 0.405 e. The third-order valence-corrected chi connectivity index (χ3v) is 3.00. The smallest absolute Gasteiger partial charge is 0.388 e. The number of halogens is 3. The number of nitrogens with zero attached hydrogens (tertiary/aromatic N) is 1. The molecule has 106 valence electrons. The van der Waals surface area contributed by atoms with Crippen molar-refractivity contribution >= 4 is 5.91 Å². The third-order valence-electron chi connectivity index (χ3n) is 3.00. The second kappa shape index (κ2) is 5.24. The van der Waals surface area contributed by atoms with Crippen LogP contribution < -0.4 is 5.32 Å². The first-order valence-corrected chi connectivity index (χ1v) is 6.02. The molecule has 1 aliphatic rings. The van der Waals surface area contributed by atoms with Crippen LogP contribution in [0.5, 0.6) is 0 Å². The van der Waals surface area contributed by atoms with Gasteiger partial charge in [0.2, 0.25) is 5.91 Å². The first kappa shape index (κ1) is 13.9. The zero-order chi connectivity index (χ0) is 14.0. The van der Waals surface area contributed by atoms with Gasteiger partial charge in [-0.25, -0.2) is 0 Å². The maximum atomic E-state index is 11.9. The first-order chi connectivity index (χ1) is 8.85. The van der Waals surface area contributed by atoms with Crippen molar-refractivity contribution in [3.63, 3.8) is 0 Å².